The van der Waals surface area contributed by atoms with Crippen molar-refractivity contribution in [3.05, 3.63) is 52.0 Å². The smallest absolute Gasteiger partial charge is 0.270 e. The van der Waals surface area contributed by atoms with Gasteiger partial charge in [0, 0.05) is 31.4 Å². The molecule has 6 heteroatoms. The molecule has 1 aromatic carbocycles. The van der Waals surface area contributed by atoms with Gasteiger partial charge in [-0.3, -0.25) is 4.79 Å². The number of carbonyl (C=O) groups is 1. The van der Waals surface area contributed by atoms with E-state index in [-0.39, 0.29) is 5.91 Å². The molecular formula is C19H26N4OS. The average Bonchev–Trinajstić information content (AvgIpc) is 3.29. The third-order valence-corrected chi connectivity index (χ3v) is 5.53. The fourth-order valence-electron chi connectivity index (χ4n) is 3.20. The molecule has 0 bridgehead atoms. The summed E-state index contributed by atoms with van der Waals surface area (Å²) in [5, 5.41) is 5.79. The summed E-state index contributed by atoms with van der Waals surface area (Å²) < 4.78 is 0. The molecule has 3 N–H and O–H groups in total. The molecule has 1 aliphatic rings. The summed E-state index contributed by atoms with van der Waals surface area (Å²) in [4.78, 5) is 19.0. The van der Waals surface area contributed by atoms with Crippen LogP contribution in [-0.2, 0) is 12.8 Å². The fourth-order valence-corrected chi connectivity index (χ4v) is 3.99. The monoisotopic (exact) mass is 358 g/mol. The molecule has 1 atom stereocenters. The molecule has 2 heterocycles. The van der Waals surface area contributed by atoms with Crippen LogP contribution in [-0.4, -0.2) is 48.5 Å². The lowest BCUT2D eigenvalue weighted by molar-refractivity contribution is 0.0943. The number of amides is 1. The van der Waals surface area contributed by atoms with Crippen LogP contribution in [0.25, 0.3) is 0 Å². The lowest BCUT2D eigenvalue weighted by atomic mass is 10.1. The summed E-state index contributed by atoms with van der Waals surface area (Å²) in [6.45, 7) is 4.55. The highest BCUT2D eigenvalue weighted by Gasteiger charge is 2.23. The second kappa shape index (κ2) is 9.08. The Bertz CT molecular complexity index is 673. The first-order valence-electron chi connectivity index (χ1n) is 8.93. The van der Waals surface area contributed by atoms with Gasteiger partial charge in [-0.05, 0) is 37.4 Å². The lowest BCUT2D eigenvalue weighted by Gasteiger charge is -2.16. The Morgan fingerprint density at radius 3 is 2.96 bits per heavy atom. The van der Waals surface area contributed by atoms with E-state index in [1.54, 1.807) is 0 Å². The maximum absolute atomic E-state index is 12.2. The van der Waals surface area contributed by atoms with Crippen molar-refractivity contribution in [2.45, 2.75) is 19.3 Å². The van der Waals surface area contributed by atoms with Gasteiger partial charge in [-0.15, -0.1) is 11.3 Å². The Kier molecular flexibility index (Phi) is 6.55. The molecule has 2 aromatic rings. The Balaban J connectivity index is 1.38. The van der Waals surface area contributed by atoms with Crippen molar-refractivity contribution in [2.75, 3.05) is 32.7 Å². The third-order valence-electron chi connectivity index (χ3n) is 4.62. The summed E-state index contributed by atoms with van der Waals surface area (Å²) in [6.07, 6.45) is 2.96. The molecule has 1 amide bonds. The van der Waals surface area contributed by atoms with E-state index in [0.29, 0.717) is 18.2 Å². The summed E-state index contributed by atoms with van der Waals surface area (Å²) >= 11 is 1.51. The standard InChI is InChI=1S/C19H26N4OS/c20-9-6-18-22-17(14-25-18)19(24)21-12-16-8-11-23(13-16)10-7-15-4-2-1-3-5-15/h1-5,14,16H,6-13,20H2,(H,21,24). The van der Waals surface area contributed by atoms with E-state index in [0.717, 1.165) is 50.4 Å². The number of nitrogens with one attached hydrogen (secondary N) is 1. The van der Waals surface area contributed by atoms with Gasteiger partial charge in [0.05, 0.1) is 5.01 Å². The van der Waals surface area contributed by atoms with Crippen LogP contribution in [0.15, 0.2) is 35.7 Å². The molecule has 1 fully saturated rings. The first-order valence-corrected chi connectivity index (χ1v) is 9.81. The van der Waals surface area contributed by atoms with E-state index in [4.69, 9.17) is 5.73 Å². The topological polar surface area (TPSA) is 71.2 Å². The van der Waals surface area contributed by atoms with Gasteiger partial charge >= 0.3 is 0 Å². The van der Waals surface area contributed by atoms with Crippen molar-refractivity contribution in [1.29, 1.82) is 0 Å². The molecule has 1 saturated heterocycles. The van der Waals surface area contributed by atoms with E-state index in [9.17, 15) is 4.79 Å². The van der Waals surface area contributed by atoms with E-state index >= 15 is 0 Å². The summed E-state index contributed by atoms with van der Waals surface area (Å²) in [5.74, 6) is 0.462. The number of carbonyl (C=O) groups excluding carboxylic acids is 1. The molecular weight excluding hydrogens is 332 g/mol. The number of benzene rings is 1. The number of nitrogens with two attached hydrogens (primary N) is 1. The first kappa shape index (κ1) is 18.0. The van der Waals surface area contributed by atoms with Crippen LogP contribution in [0.1, 0.15) is 27.5 Å². The highest BCUT2D eigenvalue weighted by atomic mass is 32.1. The van der Waals surface area contributed by atoms with Crippen molar-refractivity contribution in [2.24, 2.45) is 11.7 Å². The highest BCUT2D eigenvalue weighted by Crippen LogP contribution is 2.16. The number of hydrogen-bond acceptors (Lipinski definition) is 5. The Morgan fingerprint density at radius 2 is 2.16 bits per heavy atom. The van der Waals surface area contributed by atoms with Crippen LogP contribution in [0, 0.1) is 5.92 Å². The zero-order valence-electron chi connectivity index (χ0n) is 14.5. The summed E-state index contributed by atoms with van der Waals surface area (Å²) in [6, 6.07) is 10.6. The molecule has 1 aromatic heterocycles. The normalized spacial score (nSPS) is 17.7. The fraction of sp³-hybridized carbons (Fsp3) is 0.474. The highest BCUT2D eigenvalue weighted by molar-refractivity contribution is 7.09. The van der Waals surface area contributed by atoms with Crippen molar-refractivity contribution in [1.82, 2.24) is 15.2 Å². The number of likely N-dealkylation sites (tertiary alicyclic amines) is 1. The third kappa shape index (κ3) is 5.36. The maximum atomic E-state index is 12.2. The quantitative estimate of drug-likeness (QED) is 0.756. The molecule has 3 rings (SSSR count). The molecule has 1 aliphatic heterocycles. The number of aromatic nitrogens is 1. The van der Waals surface area contributed by atoms with Gasteiger partial charge in [0.1, 0.15) is 5.69 Å². The largest absolute Gasteiger partial charge is 0.350 e. The zero-order valence-corrected chi connectivity index (χ0v) is 15.3. The molecule has 134 valence electrons. The van der Waals surface area contributed by atoms with Crippen LogP contribution in [0.5, 0.6) is 0 Å². The van der Waals surface area contributed by atoms with Gasteiger partial charge in [-0.25, -0.2) is 4.98 Å². The second-order valence-corrected chi connectivity index (χ2v) is 7.51. The van der Waals surface area contributed by atoms with Gasteiger partial charge in [-0.1, -0.05) is 30.3 Å². The van der Waals surface area contributed by atoms with E-state index < -0.39 is 0 Å². The Morgan fingerprint density at radius 1 is 1.32 bits per heavy atom. The number of nitrogens with zero attached hydrogens (tertiary/aromatic N) is 2. The number of rotatable bonds is 8. The second-order valence-electron chi connectivity index (χ2n) is 6.57. The molecule has 0 aliphatic carbocycles. The maximum Gasteiger partial charge on any atom is 0.270 e. The van der Waals surface area contributed by atoms with Crippen LogP contribution >= 0.6 is 11.3 Å². The average molecular weight is 359 g/mol. The van der Waals surface area contributed by atoms with Crippen LogP contribution < -0.4 is 11.1 Å². The summed E-state index contributed by atoms with van der Waals surface area (Å²) in [7, 11) is 0. The van der Waals surface area contributed by atoms with Crippen molar-refractivity contribution in [3.8, 4) is 0 Å². The minimum atomic E-state index is -0.0674. The predicted molar refractivity (Wildman–Crippen MR) is 102 cm³/mol. The Labute approximate surface area is 153 Å². The molecule has 0 spiro atoms. The van der Waals surface area contributed by atoms with Gasteiger partial charge in [0.25, 0.3) is 5.91 Å². The van der Waals surface area contributed by atoms with E-state index in [2.05, 4.69) is 45.5 Å². The van der Waals surface area contributed by atoms with Crippen LogP contribution in [0.4, 0.5) is 0 Å². The number of thiazole rings is 1. The van der Waals surface area contributed by atoms with Gasteiger partial charge in [-0.2, -0.15) is 0 Å². The molecule has 0 radical (unpaired) electrons. The van der Waals surface area contributed by atoms with Crippen molar-refractivity contribution >= 4 is 17.2 Å². The SMILES string of the molecule is NCCc1nc(C(=O)NCC2CCN(CCc3ccccc3)C2)cs1. The van der Waals surface area contributed by atoms with E-state index in [1.165, 1.54) is 16.9 Å². The lowest BCUT2D eigenvalue weighted by Crippen LogP contribution is -2.31. The zero-order chi connectivity index (χ0) is 17.5. The summed E-state index contributed by atoms with van der Waals surface area (Å²) in [5.41, 5.74) is 7.43. The van der Waals surface area contributed by atoms with Crippen LogP contribution in [0.3, 0.4) is 0 Å². The molecule has 0 saturated carbocycles. The Hall–Kier alpha value is -1.76. The molecule has 5 nitrogen and oxygen atoms in total. The van der Waals surface area contributed by atoms with E-state index in [1.807, 2.05) is 5.38 Å². The van der Waals surface area contributed by atoms with Gasteiger partial charge < -0.3 is 16.0 Å². The number of hydrogen-bond donors (Lipinski definition) is 2. The van der Waals surface area contributed by atoms with Gasteiger partial charge in [0.2, 0.25) is 0 Å². The minimum Gasteiger partial charge on any atom is -0.350 e. The van der Waals surface area contributed by atoms with Crippen LogP contribution in [0.2, 0.25) is 0 Å². The predicted octanol–water partition coefficient (Wildman–Crippen LogP) is 1.94. The molecule has 1 unspecified atom stereocenters. The molecule has 25 heavy (non-hydrogen) atoms. The minimum absolute atomic E-state index is 0.0674. The van der Waals surface area contributed by atoms with Gasteiger partial charge in [0.15, 0.2) is 0 Å². The van der Waals surface area contributed by atoms with Crippen molar-refractivity contribution in [3.63, 3.8) is 0 Å². The first-order chi connectivity index (χ1) is 12.2. The van der Waals surface area contributed by atoms with Crippen molar-refractivity contribution < 1.29 is 4.79 Å².